The fourth-order valence-corrected chi connectivity index (χ4v) is 5.06. The number of hydrogen-bond acceptors (Lipinski definition) is 4. The lowest BCUT2D eigenvalue weighted by atomic mass is 9.93. The van der Waals surface area contributed by atoms with Crippen molar-refractivity contribution < 1.29 is 0 Å². The molecule has 2 aliphatic rings. The lowest BCUT2D eigenvalue weighted by Gasteiger charge is -2.33. The molecule has 170 valence electrons. The summed E-state index contributed by atoms with van der Waals surface area (Å²) in [5.41, 5.74) is 5.57. The Morgan fingerprint density at radius 3 is 2.18 bits per heavy atom. The van der Waals surface area contributed by atoms with E-state index in [0.717, 1.165) is 32.6 Å². The lowest BCUT2D eigenvalue weighted by Crippen LogP contribution is -2.34. The predicted octanol–water partition coefficient (Wildman–Crippen LogP) is 4.36. The van der Waals surface area contributed by atoms with E-state index in [-0.39, 0.29) is 0 Å². The Balaban J connectivity index is 0.000000139. The molecule has 33 heavy (non-hydrogen) atoms. The summed E-state index contributed by atoms with van der Waals surface area (Å²) in [6.07, 6.45) is 13.9. The summed E-state index contributed by atoms with van der Waals surface area (Å²) in [6.45, 7) is 4.27. The summed E-state index contributed by atoms with van der Waals surface area (Å²) in [6, 6.07) is 17.3. The van der Waals surface area contributed by atoms with E-state index >= 15 is 0 Å². The van der Waals surface area contributed by atoms with Crippen molar-refractivity contribution >= 4 is 11.4 Å². The number of imidazole rings is 2. The molecule has 4 aromatic rings. The first-order chi connectivity index (χ1) is 16.2. The standard InChI is InChI=1S/C14H17N3.C13H15N3/c1-16-9-12(10-17-7-6-15-11-17)8-13-4-2-3-5-14(13)16;1-2-4-13-12(3-1)7-11(8-15-13)9-16-6-5-14-10-16/h2-7,11-12H,8-10H2,1H3;1-6,10-11,15H,7-9H2. The first-order valence-electron chi connectivity index (χ1n) is 11.8. The molecule has 6 rings (SSSR count). The summed E-state index contributed by atoms with van der Waals surface area (Å²) in [4.78, 5) is 10.5. The number of nitrogens with one attached hydrogen (secondary N) is 1. The number of benzene rings is 2. The second-order valence-corrected chi connectivity index (χ2v) is 9.21. The van der Waals surface area contributed by atoms with Crippen LogP contribution < -0.4 is 10.2 Å². The van der Waals surface area contributed by atoms with Gasteiger partial charge in [0, 0.05) is 69.4 Å². The van der Waals surface area contributed by atoms with E-state index in [2.05, 4.69) is 84.9 Å². The molecular formula is C27H32N6. The van der Waals surface area contributed by atoms with E-state index in [1.165, 1.54) is 28.9 Å². The molecule has 0 bridgehead atoms. The molecular weight excluding hydrogens is 408 g/mol. The highest BCUT2D eigenvalue weighted by Crippen LogP contribution is 2.29. The van der Waals surface area contributed by atoms with Gasteiger partial charge in [-0.1, -0.05) is 36.4 Å². The highest BCUT2D eigenvalue weighted by molar-refractivity contribution is 5.55. The van der Waals surface area contributed by atoms with Crippen LogP contribution in [0, 0.1) is 11.8 Å². The van der Waals surface area contributed by atoms with Crippen LogP contribution in [0.4, 0.5) is 11.4 Å². The smallest absolute Gasteiger partial charge is 0.0946 e. The molecule has 0 radical (unpaired) electrons. The molecule has 2 unspecified atom stereocenters. The van der Waals surface area contributed by atoms with Gasteiger partial charge < -0.3 is 19.4 Å². The monoisotopic (exact) mass is 440 g/mol. The van der Waals surface area contributed by atoms with Crippen LogP contribution in [0.3, 0.4) is 0 Å². The largest absolute Gasteiger partial charge is 0.384 e. The summed E-state index contributed by atoms with van der Waals surface area (Å²) in [7, 11) is 2.18. The third kappa shape index (κ3) is 5.28. The zero-order chi connectivity index (χ0) is 22.5. The van der Waals surface area contributed by atoms with Gasteiger partial charge in [0.05, 0.1) is 12.7 Å². The second kappa shape index (κ2) is 9.94. The highest BCUT2D eigenvalue weighted by Gasteiger charge is 2.22. The first-order valence-corrected chi connectivity index (χ1v) is 11.8. The number of para-hydroxylation sites is 2. The van der Waals surface area contributed by atoms with Gasteiger partial charge in [0.1, 0.15) is 0 Å². The molecule has 2 aliphatic heterocycles. The summed E-state index contributed by atoms with van der Waals surface area (Å²) in [5, 5.41) is 3.49. The molecule has 0 saturated heterocycles. The number of aromatic nitrogens is 4. The van der Waals surface area contributed by atoms with Crippen molar-refractivity contribution in [1.82, 2.24) is 19.1 Å². The maximum absolute atomic E-state index is 4.10. The number of nitrogens with zero attached hydrogens (tertiary/aromatic N) is 5. The van der Waals surface area contributed by atoms with E-state index in [4.69, 9.17) is 0 Å². The average molecular weight is 441 g/mol. The van der Waals surface area contributed by atoms with Gasteiger partial charge in [-0.05, 0) is 47.9 Å². The van der Waals surface area contributed by atoms with Crippen molar-refractivity contribution in [3.05, 3.63) is 97.1 Å². The van der Waals surface area contributed by atoms with Gasteiger partial charge in [0.2, 0.25) is 0 Å². The Morgan fingerprint density at radius 2 is 1.45 bits per heavy atom. The van der Waals surface area contributed by atoms with Gasteiger partial charge in [-0.3, -0.25) is 0 Å². The van der Waals surface area contributed by atoms with Crippen molar-refractivity contribution in [2.45, 2.75) is 25.9 Å². The Labute approximate surface area is 195 Å². The number of hydrogen-bond donors (Lipinski definition) is 1. The highest BCUT2D eigenvalue weighted by atomic mass is 15.1. The number of fused-ring (bicyclic) bond motifs is 2. The number of rotatable bonds is 4. The maximum atomic E-state index is 4.10. The van der Waals surface area contributed by atoms with Crippen LogP contribution >= 0.6 is 0 Å². The van der Waals surface area contributed by atoms with Gasteiger partial charge in [-0.2, -0.15) is 0 Å². The summed E-state index contributed by atoms with van der Waals surface area (Å²) >= 11 is 0. The minimum Gasteiger partial charge on any atom is -0.384 e. The molecule has 6 nitrogen and oxygen atoms in total. The predicted molar refractivity (Wildman–Crippen MR) is 133 cm³/mol. The molecule has 0 amide bonds. The molecule has 6 heteroatoms. The molecule has 2 atom stereocenters. The molecule has 2 aromatic heterocycles. The van der Waals surface area contributed by atoms with Crippen molar-refractivity contribution in [1.29, 1.82) is 0 Å². The first kappa shape index (κ1) is 21.3. The van der Waals surface area contributed by atoms with Crippen LogP contribution in [0.5, 0.6) is 0 Å². The molecule has 1 N–H and O–H groups in total. The molecule has 0 fully saturated rings. The van der Waals surface area contributed by atoms with E-state index < -0.39 is 0 Å². The van der Waals surface area contributed by atoms with Crippen molar-refractivity contribution in [3.8, 4) is 0 Å². The van der Waals surface area contributed by atoms with Gasteiger partial charge in [-0.15, -0.1) is 0 Å². The topological polar surface area (TPSA) is 50.9 Å². The van der Waals surface area contributed by atoms with E-state index in [1.807, 2.05) is 37.4 Å². The second-order valence-electron chi connectivity index (χ2n) is 9.21. The fourth-order valence-electron chi connectivity index (χ4n) is 5.06. The zero-order valence-electron chi connectivity index (χ0n) is 19.2. The Hall–Kier alpha value is -3.54. The van der Waals surface area contributed by atoms with Crippen LogP contribution in [0.15, 0.2) is 86.0 Å². The van der Waals surface area contributed by atoms with Crippen molar-refractivity contribution in [2.75, 3.05) is 30.4 Å². The number of anilines is 2. The Bertz CT molecular complexity index is 1140. The normalized spacial score (nSPS) is 19.0. The van der Waals surface area contributed by atoms with Gasteiger partial charge in [0.15, 0.2) is 0 Å². The molecule has 0 aliphatic carbocycles. The van der Waals surface area contributed by atoms with Gasteiger partial charge in [0.25, 0.3) is 0 Å². The average Bonchev–Trinajstić information content (AvgIpc) is 3.54. The van der Waals surface area contributed by atoms with Crippen LogP contribution in [0.25, 0.3) is 0 Å². The lowest BCUT2D eigenvalue weighted by molar-refractivity contribution is 0.430. The molecule has 2 aromatic carbocycles. The summed E-state index contributed by atoms with van der Waals surface area (Å²) in [5.74, 6) is 1.33. The van der Waals surface area contributed by atoms with Crippen LogP contribution in [0.2, 0.25) is 0 Å². The Kier molecular flexibility index (Phi) is 6.42. The molecule has 0 saturated carbocycles. The van der Waals surface area contributed by atoms with E-state index in [1.54, 1.807) is 0 Å². The quantitative estimate of drug-likeness (QED) is 0.512. The van der Waals surface area contributed by atoms with Gasteiger partial charge in [-0.25, -0.2) is 9.97 Å². The minimum atomic E-state index is 0.657. The third-order valence-corrected chi connectivity index (χ3v) is 6.61. The van der Waals surface area contributed by atoms with Crippen molar-refractivity contribution in [2.24, 2.45) is 11.8 Å². The zero-order valence-corrected chi connectivity index (χ0v) is 19.2. The third-order valence-electron chi connectivity index (χ3n) is 6.61. The van der Waals surface area contributed by atoms with Crippen LogP contribution in [0.1, 0.15) is 11.1 Å². The van der Waals surface area contributed by atoms with Crippen LogP contribution in [-0.2, 0) is 25.9 Å². The van der Waals surface area contributed by atoms with Gasteiger partial charge >= 0.3 is 0 Å². The SMILES string of the molecule is CN1CC(Cn2ccnc2)Cc2ccccc21.c1ccc2c(c1)CC(Cn1ccnc1)CN2. The Morgan fingerprint density at radius 1 is 0.818 bits per heavy atom. The molecule has 0 spiro atoms. The van der Waals surface area contributed by atoms with E-state index in [9.17, 15) is 0 Å². The summed E-state index contributed by atoms with van der Waals surface area (Å²) < 4.78 is 4.33. The van der Waals surface area contributed by atoms with E-state index in [0.29, 0.717) is 11.8 Å². The maximum Gasteiger partial charge on any atom is 0.0946 e. The van der Waals surface area contributed by atoms with Crippen LogP contribution in [-0.4, -0.2) is 39.2 Å². The van der Waals surface area contributed by atoms with Crippen molar-refractivity contribution in [3.63, 3.8) is 0 Å². The fraction of sp³-hybridized carbons (Fsp3) is 0.333. The molecule has 4 heterocycles. The minimum absolute atomic E-state index is 0.657.